The standard InChI is InChI=1S/C34H50O2/c1-23(2)10-9-11-24(3)29-16-17-30-28-15-14-26-22-27(36-32(35)25-12-7-6-8-13-25)18-20-33(26,4)31(28)19-21-34(29,30)5/h6-8,12-14,23-24,27-31H,9-11,15-22H2,1-5H3/t24-,27+,28-,29-,30+,31+,33+,34-/m1/s1. The van der Waals surface area contributed by atoms with Crippen molar-refractivity contribution in [3.63, 3.8) is 0 Å². The fraction of sp³-hybridized carbons (Fsp3) is 0.735. The van der Waals surface area contributed by atoms with Crippen LogP contribution in [0.25, 0.3) is 0 Å². The van der Waals surface area contributed by atoms with Crippen molar-refractivity contribution < 1.29 is 9.53 Å². The van der Waals surface area contributed by atoms with Crippen molar-refractivity contribution >= 4 is 5.97 Å². The Bertz CT molecular complexity index is 947. The van der Waals surface area contributed by atoms with Crippen molar-refractivity contribution in [1.82, 2.24) is 0 Å². The summed E-state index contributed by atoms with van der Waals surface area (Å²) in [6.45, 7) is 12.6. The Balaban J connectivity index is 1.25. The second kappa shape index (κ2) is 10.3. The van der Waals surface area contributed by atoms with Gasteiger partial charge in [0, 0.05) is 6.42 Å². The van der Waals surface area contributed by atoms with Crippen molar-refractivity contribution in [3.8, 4) is 0 Å². The summed E-state index contributed by atoms with van der Waals surface area (Å²) in [7, 11) is 0. The fourth-order valence-corrected chi connectivity index (χ4v) is 9.55. The first-order valence-electron chi connectivity index (χ1n) is 15.2. The molecule has 0 aromatic heterocycles. The molecule has 3 saturated carbocycles. The summed E-state index contributed by atoms with van der Waals surface area (Å²) < 4.78 is 6.00. The molecule has 5 rings (SSSR count). The van der Waals surface area contributed by atoms with E-state index in [0.29, 0.717) is 16.4 Å². The topological polar surface area (TPSA) is 26.3 Å². The molecule has 1 aromatic carbocycles. The lowest BCUT2D eigenvalue weighted by atomic mass is 9.47. The molecule has 0 heterocycles. The van der Waals surface area contributed by atoms with Crippen LogP contribution in [0.2, 0.25) is 0 Å². The summed E-state index contributed by atoms with van der Waals surface area (Å²) in [6.07, 6.45) is 17.0. The minimum absolute atomic E-state index is 0.0324. The molecule has 0 unspecified atom stereocenters. The van der Waals surface area contributed by atoms with Crippen LogP contribution in [-0.4, -0.2) is 12.1 Å². The third-order valence-electron chi connectivity index (χ3n) is 11.5. The van der Waals surface area contributed by atoms with Gasteiger partial charge in [0.1, 0.15) is 6.10 Å². The van der Waals surface area contributed by atoms with Crippen LogP contribution < -0.4 is 0 Å². The Morgan fingerprint density at radius 1 is 0.972 bits per heavy atom. The number of carbonyl (C=O) groups is 1. The molecule has 0 aliphatic heterocycles. The Hall–Kier alpha value is -1.57. The number of esters is 1. The zero-order valence-electron chi connectivity index (χ0n) is 23.6. The Morgan fingerprint density at radius 2 is 1.75 bits per heavy atom. The van der Waals surface area contributed by atoms with Gasteiger partial charge in [-0.25, -0.2) is 4.79 Å². The molecule has 0 amide bonds. The summed E-state index contributed by atoms with van der Waals surface area (Å²) in [5, 5.41) is 0. The molecular formula is C34H50O2. The normalized spacial score (nSPS) is 38.5. The van der Waals surface area contributed by atoms with Crippen molar-refractivity contribution in [3.05, 3.63) is 47.5 Å². The Kier molecular flexibility index (Phi) is 7.45. The minimum Gasteiger partial charge on any atom is -0.458 e. The van der Waals surface area contributed by atoms with Crippen LogP contribution in [0.1, 0.15) is 116 Å². The molecular weight excluding hydrogens is 440 g/mol. The highest BCUT2D eigenvalue weighted by Crippen LogP contribution is 2.67. The highest BCUT2D eigenvalue weighted by Gasteiger charge is 2.59. The smallest absolute Gasteiger partial charge is 0.338 e. The van der Waals surface area contributed by atoms with Crippen LogP contribution in [-0.2, 0) is 4.74 Å². The van der Waals surface area contributed by atoms with Gasteiger partial charge >= 0.3 is 5.97 Å². The summed E-state index contributed by atoms with van der Waals surface area (Å²) in [5.41, 5.74) is 3.12. The van der Waals surface area contributed by atoms with Crippen LogP contribution in [0.4, 0.5) is 0 Å². The molecule has 1 aromatic rings. The number of allylic oxidation sites excluding steroid dienone is 1. The molecule has 0 radical (unpaired) electrons. The molecule has 0 N–H and O–H groups in total. The van der Waals surface area contributed by atoms with E-state index < -0.39 is 0 Å². The lowest BCUT2D eigenvalue weighted by Crippen LogP contribution is -2.51. The average Bonchev–Trinajstić information content (AvgIpc) is 3.22. The van der Waals surface area contributed by atoms with Crippen molar-refractivity contribution in [2.24, 2.45) is 46.3 Å². The summed E-state index contributed by atoms with van der Waals surface area (Å²) in [4.78, 5) is 12.7. The molecule has 36 heavy (non-hydrogen) atoms. The van der Waals surface area contributed by atoms with Gasteiger partial charge in [0.25, 0.3) is 0 Å². The number of fused-ring (bicyclic) bond motifs is 5. The molecule has 4 aliphatic rings. The first kappa shape index (κ1) is 26.1. The van der Waals surface area contributed by atoms with Gasteiger partial charge in [-0.15, -0.1) is 0 Å². The van der Waals surface area contributed by atoms with Gasteiger partial charge in [0.15, 0.2) is 0 Å². The second-order valence-corrected chi connectivity index (χ2v) is 13.9. The fourth-order valence-electron chi connectivity index (χ4n) is 9.55. The van der Waals surface area contributed by atoms with E-state index in [1.165, 1.54) is 57.8 Å². The molecule has 2 heteroatoms. The van der Waals surface area contributed by atoms with E-state index in [9.17, 15) is 4.79 Å². The molecule has 3 fully saturated rings. The molecule has 8 atom stereocenters. The number of rotatable bonds is 7. The third-order valence-corrected chi connectivity index (χ3v) is 11.5. The first-order chi connectivity index (χ1) is 17.2. The second-order valence-electron chi connectivity index (χ2n) is 13.9. The molecule has 2 nitrogen and oxygen atoms in total. The Labute approximate surface area is 220 Å². The van der Waals surface area contributed by atoms with E-state index in [0.717, 1.165) is 48.3 Å². The van der Waals surface area contributed by atoms with Gasteiger partial charge in [-0.3, -0.25) is 0 Å². The monoisotopic (exact) mass is 490 g/mol. The maximum absolute atomic E-state index is 12.7. The van der Waals surface area contributed by atoms with Crippen LogP contribution >= 0.6 is 0 Å². The van der Waals surface area contributed by atoms with Crippen molar-refractivity contribution in [1.29, 1.82) is 0 Å². The van der Waals surface area contributed by atoms with Crippen molar-refractivity contribution in [2.45, 2.75) is 111 Å². The largest absolute Gasteiger partial charge is 0.458 e. The van der Waals surface area contributed by atoms with Crippen molar-refractivity contribution in [2.75, 3.05) is 0 Å². The van der Waals surface area contributed by atoms with Crippen LogP contribution in [0.3, 0.4) is 0 Å². The minimum atomic E-state index is -0.161. The lowest BCUT2D eigenvalue weighted by molar-refractivity contribution is -0.0594. The number of hydrogen-bond acceptors (Lipinski definition) is 2. The average molecular weight is 491 g/mol. The maximum atomic E-state index is 12.7. The maximum Gasteiger partial charge on any atom is 0.338 e. The van der Waals surface area contributed by atoms with Gasteiger partial charge in [-0.2, -0.15) is 0 Å². The quantitative estimate of drug-likeness (QED) is 0.281. The summed E-state index contributed by atoms with van der Waals surface area (Å²) in [6, 6.07) is 9.49. The third kappa shape index (κ3) is 4.71. The van der Waals surface area contributed by atoms with Gasteiger partial charge in [0.2, 0.25) is 0 Å². The zero-order valence-corrected chi connectivity index (χ0v) is 23.6. The lowest BCUT2D eigenvalue weighted by Gasteiger charge is -2.58. The van der Waals surface area contributed by atoms with Gasteiger partial charge in [0.05, 0.1) is 5.56 Å². The van der Waals surface area contributed by atoms with E-state index in [-0.39, 0.29) is 12.1 Å². The molecule has 4 aliphatic carbocycles. The summed E-state index contributed by atoms with van der Waals surface area (Å²) in [5.74, 6) is 5.03. The number of benzene rings is 1. The Morgan fingerprint density at radius 3 is 2.50 bits per heavy atom. The van der Waals surface area contributed by atoms with Gasteiger partial charge < -0.3 is 4.74 Å². The number of ether oxygens (including phenoxy) is 1. The SMILES string of the molecule is CC(C)CCC[C@@H](C)[C@H]1CC[C@H]2[C@H]3CC=C4C[C@@H](OC(=O)c5ccccc5)CC[C@]4(C)[C@H]3CC[C@]12C. The molecule has 0 bridgehead atoms. The van der Waals surface area contributed by atoms with E-state index in [4.69, 9.17) is 4.74 Å². The van der Waals surface area contributed by atoms with Gasteiger partial charge in [-0.05, 0) is 103 Å². The van der Waals surface area contributed by atoms with E-state index in [2.05, 4.69) is 40.7 Å². The predicted octanol–water partition coefficient (Wildman–Crippen LogP) is 9.25. The summed E-state index contributed by atoms with van der Waals surface area (Å²) >= 11 is 0. The van der Waals surface area contributed by atoms with Crippen LogP contribution in [0.15, 0.2) is 42.0 Å². The molecule has 0 saturated heterocycles. The number of hydrogen-bond donors (Lipinski definition) is 0. The highest BCUT2D eigenvalue weighted by molar-refractivity contribution is 5.89. The van der Waals surface area contributed by atoms with Gasteiger partial charge in [-0.1, -0.05) is 83.7 Å². The number of carbonyl (C=O) groups excluding carboxylic acids is 1. The molecule has 198 valence electrons. The predicted molar refractivity (Wildman–Crippen MR) is 149 cm³/mol. The molecule has 0 spiro atoms. The first-order valence-corrected chi connectivity index (χ1v) is 15.2. The van der Waals surface area contributed by atoms with E-state index in [1.54, 1.807) is 5.57 Å². The highest BCUT2D eigenvalue weighted by atomic mass is 16.5. The zero-order chi connectivity index (χ0) is 25.5. The van der Waals surface area contributed by atoms with Crippen LogP contribution in [0.5, 0.6) is 0 Å². The van der Waals surface area contributed by atoms with E-state index >= 15 is 0 Å². The van der Waals surface area contributed by atoms with E-state index in [1.807, 2.05) is 30.3 Å². The van der Waals surface area contributed by atoms with Crippen LogP contribution in [0, 0.1) is 46.3 Å².